The van der Waals surface area contributed by atoms with E-state index in [0.717, 1.165) is 11.7 Å². The molecule has 0 radical (unpaired) electrons. The quantitative estimate of drug-likeness (QED) is 0.768. The fourth-order valence-corrected chi connectivity index (χ4v) is 1.34. The molecule has 0 N–H and O–H groups in total. The SMILES string of the molecule is CC(C)[C@@H](Br)c1nc(C2CC2)no1. The molecule has 2 rings (SSSR count). The van der Waals surface area contributed by atoms with E-state index in [4.69, 9.17) is 4.52 Å². The smallest absolute Gasteiger partial charge is 0.240 e. The fourth-order valence-electron chi connectivity index (χ4n) is 1.15. The first kappa shape index (κ1) is 9.19. The highest BCUT2D eigenvalue weighted by Crippen LogP contribution is 2.39. The standard InChI is InChI=1S/C9H13BrN2O/c1-5(2)7(10)9-11-8(12-13-9)6-3-4-6/h5-7H,3-4H2,1-2H3/t7-/m1/s1. The highest BCUT2D eigenvalue weighted by atomic mass is 79.9. The maximum absolute atomic E-state index is 5.18. The molecule has 0 aromatic carbocycles. The molecule has 1 heterocycles. The van der Waals surface area contributed by atoms with Crippen LogP contribution in [0.25, 0.3) is 0 Å². The molecule has 1 atom stereocenters. The van der Waals surface area contributed by atoms with Gasteiger partial charge in [0, 0.05) is 5.92 Å². The van der Waals surface area contributed by atoms with E-state index in [1.54, 1.807) is 0 Å². The number of halogens is 1. The molecule has 0 aliphatic heterocycles. The average Bonchev–Trinajstić information content (AvgIpc) is 2.83. The van der Waals surface area contributed by atoms with Crippen molar-refractivity contribution in [2.24, 2.45) is 5.92 Å². The van der Waals surface area contributed by atoms with Gasteiger partial charge in [0.2, 0.25) is 5.89 Å². The first-order chi connectivity index (χ1) is 6.18. The van der Waals surface area contributed by atoms with Gasteiger partial charge in [-0.1, -0.05) is 34.9 Å². The normalized spacial score (nSPS) is 19.4. The van der Waals surface area contributed by atoms with E-state index in [9.17, 15) is 0 Å². The van der Waals surface area contributed by atoms with Crippen molar-refractivity contribution in [2.45, 2.75) is 37.4 Å². The Kier molecular flexibility index (Phi) is 2.41. The molecule has 3 nitrogen and oxygen atoms in total. The van der Waals surface area contributed by atoms with Crippen molar-refractivity contribution in [3.63, 3.8) is 0 Å². The zero-order chi connectivity index (χ0) is 9.42. The van der Waals surface area contributed by atoms with Gasteiger partial charge in [-0.3, -0.25) is 0 Å². The van der Waals surface area contributed by atoms with Crippen molar-refractivity contribution >= 4 is 15.9 Å². The molecule has 0 saturated heterocycles. The lowest BCUT2D eigenvalue weighted by Gasteiger charge is -2.06. The maximum Gasteiger partial charge on any atom is 0.240 e. The summed E-state index contributed by atoms with van der Waals surface area (Å²) in [7, 11) is 0. The van der Waals surface area contributed by atoms with Crippen LogP contribution in [0.3, 0.4) is 0 Å². The zero-order valence-corrected chi connectivity index (χ0v) is 9.41. The Morgan fingerprint density at radius 2 is 2.15 bits per heavy atom. The third-order valence-electron chi connectivity index (χ3n) is 2.22. The molecule has 13 heavy (non-hydrogen) atoms. The first-order valence-electron chi connectivity index (χ1n) is 4.66. The lowest BCUT2D eigenvalue weighted by Crippen LogP contribution is -1.98. The highest BCUT2D eigenvalue weighted by Gasteiger charge is 2.30. The van der Waals surface area contributed by atoms with E-state index < -0.39 is 0 Å². The highest BCUT2D eigenvalue weighted by molar-refractivity contribution is 9.09. The van der Waals surface area contributed by atoms with Gasteiger partial charge < -0.3 is 4.52 Å². The van der Waals surface area contributed by atoms with Gasteiger partial charge in [0.05, 0.1) is 4.83 Å². The number of alkyl halides is 1. The lowest BCUT2D eigenvalue weighted by atomic mass is 10.1. The molecule has 0 unspecified atom stereocenters. The minimum Gasteiger partial charge on any atom is -0.338 e. The third-order valence-corrected chi connectivity index (χ3v) is 3.67. The third kappa shape index (κ3) is 1.93. The van der Waals surface area contributed by atoms with Crippen molar-refractivity contribution in [1.29, 1.82) is 0 Å². The van der Waals surface area contributed by atoms with Crippen molar-refractivity contribution in [2.75, 3.05) is 0 Å². The van der Waals surface area contributed by atoms with Crippen LogP contribution in [0.5, 0.6) is 0 Å². The largest absolute Gasteiger partial charge is 0.338 e. The van der Waals surface area contributed by atoms with E-state index in [-0.39, 0.29) is 4.83 Å². The van der Waals surface area contributed by atoms with Gasteiger partial charge in [0.15, 0.2) is 5.82 Å². The number of nitrogens with zero attached hydrogens (tertiary/aromatic N) is 2. The van der Waals surface area contributed by atoms with Gasteiger partial charge in [-0.25, -0.2) is 0 Å². The summed E-state index contributed by atoms with van der Waals surface area (Å²) < 4.78 is 5.18. The van der Waals surface area contributed by atoms with Crippen LogP contribution >= 0.6 is 15.9 Å². The Hall–Kier alpha value is -0.380. The molecule has 1 aromatic rings. The Balaban J connectivity index is 2.11. The summed E-state index contributed by atoms with van der Waals surface area (Å²) in [5.74, 6) is 2.66. The van der Waals surface area contributed by atoms with Crippen molar-refractivity contribution in [1.82, 2.24) is 10.1 Å². The lowest BCUT2D eigenvalue weighted by molar-refractivity contribution is 0.357. The molecule has 1 saturated carbocycles. The number of aromatic nitrogens is 2. The second kappa shape index (κ2) is 3.40. The Morgan fingerprint density at radius 3 is 2.69 bits per heavy atom. The van der Waals surface area contributed by atoms with Gasteiger partial charge in [-0.2, -0.15) is 4.98 Å². The van der Waals surface area contributed by atoms with Crippen LogP contribution in [-0.4, -0.2) is 10.1 Å². The molecule has 0 spiro atoms. The molecule has 1 aliphatic rings. The van der Waals surface area contributed by atoms with Gasteiger partial charge in [0.1, 0.15) is 0 Å². The molecule has 0 amide bonds. The van der Waals surface area contributed by atoms with Crippen molar-refractivity contribution < 1.29 is 4.52 Å². The zero-order valence-electron chi connectivity index (χ0n) is 7.83. The van der Waals surface area contributed by atoms with Gasteiger partial charge in [-0.05, 0) is 18.8 Å². The summed E-state index contributed by atoms with van der Waals surface area (Å²) >= 11 is 3.54. The van der Waals surface area contributed by atoms with E-state index in [1.807, 2.05) is 0 Å². The summed E-state index contributed by atoms with van der Waals surface area (Å²) in [5.41, 5.74) is 0. The van der Waals surface area contributed by atoms with Crippen LogP contribution in [0.1, 0.15) is 49.1 Å². The minimum absolute atomic E-state index is 0.187. The van der Waals surface area contributed by atoms with Crippen molar-refractivity contribution in [3.05, 3.63) is 11.7 Å². The molecule has 1 aliphatic carbocycles. The first-order valence-corrected chi connectivity index (χ1v) is 5.57. The Morgan fingerprint density at radius 1 is 1.46 bits per heavy atom. The van der Waals surface area contributed by atoms with E-state index in [0.29, 0.717) is 11.8 Å². The van der Waals surface area contributed by atoms with Gasteiger partial charge in [-0.15, -0.1) is 0 Å². The number of hydrogen-bond donors (Lipinski definition) is 0. The van der Waals surface area contributed by atoms with Crippen molar-refractivity contribution in [3.8, 4) is 0 Å². The van der Waals surface area contributed by atoms with Crippen LogP contribution in [0.15, 0.2) is 4.52 Å². The van der Waals surface area contributed by atoms with Crippen LogP contribution in [0.2, 0.25) is 0 Å². The number of rotatable bonds is 3. The van der Waals surface area contributed by atoms with Crippen LogP contribution in [-0.2, 0) is 0 Å². The molecular formula is C9H13BrN2O. The average molecular weight is 245 g/mol. The van der Waals surface area contributed by atoms with E-state index >= 15 is 0 Å². The molecule has 0 bridgehead atoms. The molecule has 1 fully saturated rings. The molecule has 4 heteroatoms. The second-order valence-electron chi connectivity index (χ2n) is 3.91. The van der Waals surface area contributed by atoms with E-state index in [2.05, 4.69) is 39.9 Å². The summed E-state index contributed by atoms with van der Waals surface area (Å²) in [6, 6.07) is 0. The minimum atomic E-state index is 0.187. The second-order valence-corrected chi connectivity index (χ2v) is 4.90. The molecular weight excluding hydrogens is 232 g/mol. The Labute approximate surface area is 86.0 Å². The fraction of sp³-hybridized carbons (Fsp3) is 0.778. The summed E-state index contributed by atoms with van der Waals surface area (Å²) in [4.78, 5) is 4.56. The predicted molar refractivity (Wildman–Crippen MR) is 52.8 cm³/mol. The van der Waals surface area contributed by atoms with Crippen LogP contribution in [0.4, 0.5) is 0 Å². The van der Waals surface area contributed by atoms with Crippen LogP contribution in [0, 0.1) is 5.92 Å². The monoisotopic (exact) mass is 244 g/mol. The Bertz CT molecular complexity index is 294. The topological polar surface area (TPSA) is 38.9 Å². The maximum atomic E-state index is 5.18. The molecule has 1 aromatic heterocycles. The van der Waals surface area contributed by atoms with Crippen LogP contribution < -0.4 is 0 Å². The summed E-state index contributed by atoms with van der Waals surface area (Å²) in [6.07, 6.45) is 2.43. The van der Waals surface area contributed by atoms with E-state index in [1.165, 1.54) is 12.8 Å². The number of hydrogen-bond acceptors (Lipinski definition) is 3. The van der Waals surface area contributed by atoms with Gasteiger partial charge in [0.25, 0.3) is 0 Å². The van der Waals surface area contributed by atoms with Gasteiger partial charge >= 0.3 is 0 Å². The molecule has 72 valence electrons. The predicted octanol–water partition coefficient (Wildman–Crippen LogP) is 3.04. The summed E-state index contributed by atoms with van der Waals surface area (Å²) in [5, 5.41) is 3.97. The summed E-state index contributed by atoms with van der Waals surface area (Å²) in [6.45, 7) is 4.25.